The molecule has 0 saturated carbocycles. The molecule has 0 aliphatic carbocycles. The van der Waals surface area contributed by atoms with Gasteiger partial charge >= 0.3 is 5.97 Å². The Morgan fingerprint density at radius 3 is 2.11 bits per heavy atom. The van der Waals surface area contributed by atoms with Crippen molar-refractivity contribution in [1.82, 2.24) is 0 Å². The van der Waals surface area contributed by atoms with E-state index in [1.54, 1.807) is 13.0 Å². The third-order valence-corrected chi connectivity index (χ3v) is 2.81. The van der Waals surface area contributed by atoms with E-state index in [4.69, 9.17) is 4.74 Å². The molecule has 0 radical (unpaired) electrons. The molecule has 0 fully saturated rings. The van der Waals surface area contributed by atoms with Gasteiger partial charge in [-0.05, 0) is 19.8 Å². The fourth-order valence-electron chi connectivity index (χ4n) is 1.69. The standard InChI is InChI=1S/C15H25NO3/c1-14(2)15(18)19-12-10-8-6-4-3-5-7-9-11-16-13-17/h1,3-12H2,2H3. The number of carbonyl (C=O) groups excluding carboxylic acids is 2. The average Bonchev–Trinajstić information content (AvgIpc) is 2.39. The molecule has 0 aromatic rings. The highest BCUT2D eigenvalue weighted by atomic mass is 16.5. The second-order valence-corrected chi connectivity index (χ2v) is 4.72. The molecule has 108 valence electrons. The van der Waals surface area contributed by atoms with Crippen molar-refractivity contribution < 1.29 is 14.3 Å². The summed E-state index contributed by atoms with van der Waals surface area (Å²) in [5.74, 6) is -0.294. The van der Waals surface area contributed by atoms with Crippen LogP contribution >= 0.6 is 0 Å². The molecule has 0 bridgehead atoms. The molecule has 0 spiro atoms. The molecule has 0 amide bonds. The summed E-state index contributed by atoms with van der Waals surface area (Å²) in [7, 11) is 0. The summed E-state index contributed by atoms with van der Waals surface area (Å²) in [4.78, 5) is 24.4. The summed E-state index contributed by atoms with van der Waals surface area (Å²) in [6.07, 6.45) is 10.5. The van der Waals surface area contributed by atoms with Crippen LogP contribution in [0, 0.1) is 0 Å². The van der Waals surface area contributed by atoms with Gasteiger partial charge in [0.1, 0.15) is 0 Å². The van der Waals surface area contributed by atoms with E-state index in [0.717, 1.165) is 25.7 Å². The van der Waals surface area contributed by atoms with E-state index < -0.39 is 0 Å². The fourth-order valence-corrected chi connectivity index (χ4v) is 1.69. The fraction of sp³-hybridized carbons (Fsp3) is 0.733. The van der Waals surface area contributed by atoms with Crippen LogP contribution in [0.15, 0.2) is 17.1 Å². The molecule has 0 N–H and O–H groups in total. The average molecular weight is 267 g/mol. The van der Waals surface area contributed by atoms with E-state index in [-0.39, 0.29) is 5.97 Å². The molecule has 0 aliphatic rings. The number of isocyanates is 1. The Morgan fingerprint density at radius 1 is 1.05 bits per heavy atom. The first-order valence-corrected chi connectivity index (χ1v) is 7.04. The number of nitrogens with zero attached hydrogens (tertiary/aromatic N) is 1. The van der Waals surface area contributed by atoms with Crippen LogP contribution in [-0.2, 0) is 14.3 Å². The van der Waals surface area contributed by atoms with Crippen molar-refractivity contribution >= 4 is 12.0 Å². The number of unbranched alkanes of at least 4 members (excludes halogenated alkanes) is 7. The highest BCUT2D eigenvalue weighted by molar-refractivity contribution is 5.86. The van der Waals surface area contributed by atoms with E-state index in [2.05, 4.69) is 11.6 Å². The van der Waals surface area contributed by atoms with Gasteiger partial charge in [-0.15, -0.1) is 0 Å². The zero-order valence-corrected chi connectivity index (χ0v) is 12.0. The number of carbonyl (C=O) groups is 1. The van der Waals surface area contributed by atoms with Crippen molar-refractivity contribution in [3.8, 4) is 0 Å². The van der Waals surface area contributed by atoms with Crippen molar-refractivity contribution in [2.75, 3.05) is 13.2 Å². The molecule has 0 unspecified atom stereocenters. The highest BCUT2D eigenvalue weighted by Gasteiger charge is 2.01. The number of aliphatic imine (C=N–C) groups is 1. The molecule has 0 atom stereocenters. The summed E-state index contributed by atoms with van der Waals surface area (Å²) >= 11 is 0. The van der Waals surface area contributed by atoms with Crippen LogP contribution in [0.4, 0.5) is 0 Å². The molecule has 0 rings (SSSR count). The maximum absolute atomic E-state index is 11.1. The largest absolute Gasteiger partial charge is 0.462 e. The summed E-state index contributed by atoms with van der Waals surface area (Å²) in [6, 6.07) is 0. The maximum Gasteiger partial charge on any atom is 0.333 e. The Balaban J connectivity index is 3.13. The Hall–Kier alpha value is -1.41. The lowest BCUT2D eigenvalue weighted by Crippen LogP contribution is -2.05. The minimum absolute atomic E-state index is 0.294. The quantitative estimate of drug-likeness (QED) is 0.179. The molecule has 0 aliphatic heterocycles. The van der Waals surface area contributed by atoms with Crippen molar-refractivity contribution in [3.63, 3.8) is 0 Å². The zero-order valence-electron chi connectivity index (χ0n) is 12.0. The van der Waals surface area contributed by atoms with Gasteiger partial charge in [-0.25, -0.2) is 14.6 Å². The molecule has 0 heterocycles. The molecule has 19 heavy (non-hydrogen) atoms. The second kappa shape index (κ2) is 13.0. The minimum atomic E-state index is -0.294. The van der Waals surface area contributed by atoms with Gasteiger partial charge in [0.25, 0.3) is 0 Å². The van der Waals surface area contributed by atoms with Crippen molar-refractivity contribution in [1.29, 1.82) is 0 Å². The maximum atomic E-state index is 11.1. The topological polar surface area (TPSA) is 55.7 Å². The van der Waals surface area contributed by atoms with Gasteiger partial charge in [0.2, 0.25) is 6.08 Å². The molecule has 4 nitrogen and oxygen atoms in total. The Labute approximate surface area is 115 Å². The monoisotopic (exact) mass is 267 g/mol. The number of rotatable bonds is 12. The van der Waals surface area contributed by atoms with Gasteiger partial charge in [0.05, 0.1) is 13.2 Å². The van der Waals surface area contributed by atoms with Crippen LogP contribution in [0.3, 0.4) is 0 Å². The molecule has 4 heteroatoms. The van der Waals surface area contributed by atoms with Gasteiger partial charge in [-0.3, -0.25) is 0 Å². The summed E-state index contributed by atoms with van der Waals surface area (Å²) in [5.41, 5.74) is 0.457. The number of esters is 1. The Kier molecular flexibility index (Phi) is 12.1. The van der Waals surface area contributed by atoms with E-state index >= 15 is 0 Å². The van der Waals surface area contributed by atoms with Gasteiger partial charge < -0.3 is 4.74 Å². The molecule has 0 aromatic carbocycles. The van der Waals surface area contributed by atoms with Gasteiger partial charge in [-0.2, -0.15) is 0 Å². The van der Waals surface area contributed by atoms with Crippen LogP contribution in [0.2, 0.25) is 0 Å². The van der Waals surface area contributed by atoms with E-state index in [9.17, 15) is 9.59 Å². The van der Waals surface area contributed by atoms with Crippen LogP contribution in [-0.4, -0.2) is 25.2 Å². The van der Waals surface area contributed by atoms with Crippen molar-refractivity contribution in [2.24, 2.45) is 4.99 Å². The summed E-state index contributed by atoms with van der Waals surface area (Å²) < 4.78 is 5.01. The zero-order chi connectivity index (χ0) is 14.3. The summed E-state index contributed by atoms with van der Waals surface area (Å²) in [5, 5.41) is 0. The van der Waals surface area contributed by atoms with Gasteiger partial charge in [0, 0.05) is 5.57 Å². The van der Waals surface area contributed by atoms with Crippen molar-refractivity contribution in [2.45, 2.75) is 58.3 Å². The number of ether oxygens (including phenoxy) is 1. The van der Waals surface area contributed by atoms with Crippen LogP contribution in [0.1, 0.15) is 58.3 Å². The van der Waals surface area contributed by atoms with Gasteiger partial charge in [-0.1, -0.05) is 45.1 Å². The first-order valence-electron chi connectivity index (χ1n) is 7.04. The third kappa shape index (κ3) is 12.8. The predicted octanol–water partition coefficient (Wildman–Crippen LogP) is 3.56. The minimum Gasteiger partial charge on any atom is -0.462 e. The van der Waals surface area contributed by atoms with E-state index in [1.807, 2.05) is 0 Å². The van der Waals surface area contributed by atoms with Crippen LogP contribution in [0.5, 0.6) is 0 Å². The van der Waals surface area contributed by atoms with E-state index in [1.165, 1.54) is 25.7 Å². The smallest absolute Gasteiger partial charge is 0.333 e. The molecular weight excluding hydrogens is 242 g/mol. The normalized spacial score (nSPS) is 9.74. The Morgan fingerprint density at radius 2 is 1.58 bits per heavy atom. The lowest BCUT2D eigenvalue weighted by Gasteiger charge is -2.04. The van der Waals surface area contributed by atoms with Crippen molar-refractivity contribution in [3.05, 3.63) is 12.2 Å². The third-order valence-electron chi connectivity index (χ3n) is 2.81. The first-order chi connectivity index (χ1) is 9.18. The second-order valence-electron chi connectivity index (χ2n) is 4.72. The molecule has 0 aromatic heterocycles. The van der Waals surface area contributed by atoms with Crippen LogP contribution in [0.25, 0.3) is 0 Å². The molecule has 0 saturated heterocycles. The van der Waals surface area contributed by atoms with Gasteiger partial charge in [0.15, 0.2) is 0 Å². The number of hydrogen-bond acceptors (Lipinski definition) is 4. The Bertz CT molecular complexity index is 307. The number of hydrogen-bond donors (Lipinski definition) is 0. The SMILES string of the molecule is C=C(C)C(=O)OCCCCCCCCCCN=C=O. The van der Waals surface area contributed by atoms with E-state index in [0.29, 0.717) is 18.7 Å². The molecular formula is C15H25NO3. The lowest BCUT2D eigenvalue weighted by atomic mass is 10.1. The van der Waals surface area contributed by atoms with Crippen LogP contribution < -0.4 is 0 Å². The first kappa shape index (κ1) is 17.6. The lowest BCUT2D eigenvalue weighted by molar-refractivity contribution is -0.139. The highest BCUT2D eigenvalue weighted by Crippen LogP contribution is 2.08. The summed E-state index contributed by atoms with van der Waals surface area (Å²) in [6.45, 7) is 6.29. The predicted molar refractivity (Wildman–Crippen MR) is 75.7 cm³/mol.